The van der Waals surface area contributed by atoms with E-state index >= 15 is 0 Å². The highest BCUT2D eigenvalue weighted by Crippen LogP contribution is 2.52. The van der Waals surface area contributed by atoms with E-state index < -0.39 is 29.5 Å². The number of carbonyl (C=O) groups excluding carboxylic acids is 1. The third-order valence-electron chi connectivity index (χ3n) is 9.64. The van der Waals surface area contributed by atoms with Crippen LogP contribution in [0.2, 0.25) is 0 Å². The first-order valence-electron chi connectivity index (χ1n) is 14.7. The van der Waals surface area contributed by atoms with Crippen LogP contribution in [0, 0.1) is 23.2 Å². The van der Waals surface area contributed by atoms with Crippen LogP contribution >= 0.6 is 0 Å². The summed E-state index contributed by atoms with van der Waals surface area (Å²) in [6, 6.07) is 12.1. The largest absolute Gasteiger partial charge is 0.416 e. The number of likely N-dealkylation sites (tertiary alicyclic amines) is 1. The molecular formula is C32H33F5N6O. The number of carbonyl (C=O) groups is 1. The Morgan fingerprint density at radius 2 is 1.93 bits per heavy atom. The average Bonchev–Trinajstić information content (AvgIpc) is 3.50. The third-order valence-corrected chi connectivity index (χ3v) is 9.64. The summed E-state index contributed by atoms with van der Waals surface area (Å²) in [6.45, 7) is 1.38. The van der Waals surface area contributed by atoms with E-state index in [9.17, 15) is 32.0 Å². The molecule has 2 aliphatic heterocycles. The van der Waals surface area contributed by atoms with Crippen molar-refractivity contribution in [2.75, 3.05) is 18.0 Å². The summed E-state index contributed by atoms with van der Waals surface area (Å²) < 4.78 is 72.9. The Balaban J connectivity index is 1.30. The highest BCUT2D eigenvalue weighted by Gasteiger charge is 2.47. The highest BCUT2D eigenvalue weighted by molar-refractivity contribution is 6.10. The summed E-state index contributed by atoms with van der Waals surface area (Å²) in [6.07, 6.45) is -0.931. The Hall–Kier alpha value is -3.85. The van der Waals surface area contributed by atoms with E-state index in [0.717, 1.165) is 30.3 Å². The van der Waals surface area contributed by atoms with Crippen molar-refractivity contribution in [3.8, 4) is 6.07 Å². The molecule has 6 rings (SSSR count). The molecule has 0 bridgehead atoms. The summed E-state index contributed by atoms with van der Waals surface area (Å²) in [5.74, 6) is -3.25. The van der Waals surface area contributed by atoms with E-state index in [-0.39, 0.29) is 60.6 Å². The minimum atomic E-state index is -4.69. The minimum absolute atomic E-state index is 0.0119. The Morgan fingerprint density at radius 1 is 1.16 bits per heavy atom. The lowest BCUT2D eigenvalue weighted by atomic mass is 9.56. The van der Waals surface area contributed by atoms with Crippen LogP contribution in [0.3, 0.4) is 0 Å². The first kappa shape index (κ1) is 30.2. The molecule has 1 saturated heterocycles. The third kappa shape index (κ3) is 5.47. The Morgan fingerprint density at radius 3 is 2.59 bits per heavy atom. The number of anilines is 1. The predicted octanol–water partition coefficient (Wildman–Crippen LogP) is 6.28. The molecule has 0 radical (unpaired) electrons. The van der Waals surface area contributed by atoms with Gasteiger partial charge in [-0.1, -0.05) is 19.1 Å². The molecule has 1 amide bonds. The molecule has 2 fully saturated rings. The number of fused-ring (bicyclic) bond motifs is 1. The topological polar surface area (TPSA) is 78.1 Å². The fraction of sp³-hybridized carbons (Fsp3) is 0.500. The van der Waals surface area contributed by atoms with E-state index in [0.29, 0.717) is 18.5 Å². The Labute approximate surface area is 252 Å². The fourth-order valence-corrected chi connectivity index (χ4v) is 7.16. The molecule has 1 atom stereocenters. The summed E-state index contributed by atoms with van der Waals surface area (Å²) in [4.78, 5) is 16.8. The highest BCUT2D eigenvalue weighted by atomic mass is 19.4. The number of aromatic nitrogens is 3. The van der Waals surface area contributed by atoms with Crippen LogP contribution in [0.5, 0.6) is 0 Å². The average molecular weight is 613 g/mol. The van der Waals surface area contributed by atoms with Crippen molar-refractivity contribution in [1.82, 2.24) is 19.7 Å². The van der Waals surface area contributed by atoms with Crippen LogP contribution in [-0.4, -0.2) is 44.6 Å². The molecular weight excluding hydrogens is 579 g/mol. The molecule has 3 aliphatic rings. The van der Waals surface area contributed by atoms with Gasteiger partial charge < -0.3 is 9.47 Å². The van der Waals surface area contributed by atoms with Crippen molar-refractivity contribution in [3.05, 3.63) is 76.4 Å². The zero-order valence-corrected chi connectivity index (χ0v) is 24.5. The molecule has 1 aromatic heterocycles. The summed E-state index contributed by atoms with van der Waals surface area (Å²) in [7, 11) is 1.86. The number of nitriles is 1. The van der Waals surface area contributed by atoms with Gasteiger partial charge in [0.1, 0.15) is 12.2 Å². The number of alkyl halides is 5. The molecule has 0 spiro atoms. The number of hydrogen-bond acceptors (Lipinski definition) is 5. The van der Waals surface area contributed by atoms with Gasteiger partial charge in [0.15, 0.2) is 0 Å². The monoisotopic (exact) mass is 612 g/mol. The van der Waals surface area contributed by atoms with Crippen molar-refractivity contribution in [2.45, 2.75) is 69.6 Å². The summed E-state index contributed by atoms with van der Waals surface area (Å²) >= 11 is 0. The number of hydrogen-bond donors (Lipinski definition) is 0. The van der Waals surface area contributed by atoms with Gasteiger partial charge in [0.2, 0.25) is 0 Å². The number of halogens is 5. The molecule has 0 unspecified atom stereocenters. The number of nitrogens with zero attached hydrogens (tertiary/aromatic N) is 6. The molecule has 1 saturated carbocycles. The van der Waals surface area contributed by atoms with Crippen LogP contribution < -0.4 is 4.90 Å². The number of benzene rings is 2. The first-order chi connectivity index (χ1) is 20.8. The summed E-state index contributed by atoms with van der Waals surface area (Å²) in [5.41, 5.74) is 0.391. The van der Waals surface area contributed by atoms with E-state index in [4.69, 9.17) is 0 Å². The van der Waals surface area contributed by atoms with Gasteiger partial charge in [-0.15, -0.1) is 10.2 Å². The smallest absolute Gasteiger partial charge is 0.321 e. The molecule has 232 valence electrons. The maximum absolute atomic E-state index is 14.3. The second kappa shape index (κ2) is 10.9. The van der Waals surface area contributed by atoms with Gasteiger partial charge in [-0.25, -0.2) is 8.78 Å². The molecule has 3 aromatic rings. The van der Waals surface area contributed by atoms with E-state index in [1.54, 1.807) is 23.4 Å². The van der Waals surface area contributed by atoms with Crippen LogP contribution in [0.4, 0.5) is 27.6 Å². The second-order valence-electron chi connectivity index (χ2n) is 12.7. The zero-order valence-electron chi connectivity index (χ0n) is 24.5. The quantitative estimate of drug-likeness (QED) is 0.294. The van der Waals surface area contributed by atoms with Gasteiger partial charge in [0.25, 0.3) is 11.8 Å². The number of piperidine rings is 1. The van der Waals surface area contributed by atoms with E-state index in [2.05, 4.69) is 16.3 Å². The molecule has 0 N–H and O–H groups in total. The number of rotatable bonds is 7. The fourth-order valence-electron chi connectivity index (χ4n) is 7.16. The van der Waals surface area contributed by atoms with Crippen molar-refractivity contribution >= 4 is 11.6 Å². The molecule has 12 heteroatoms. The molecule has 2 aromatic carbocycles. The van der Waals surface area contributed by atoms with Crippen molar-refractivity contribution < 1.29 is 26.7 Å². The van der Waals surface area contributed by atoms with Crippen molar-refractivity contribution in [2.24, 2.45) is 18.9 Å². The lowest BCUT2D eigenvalue weighted by Crippen LogP contribution is -2.45. The SMILES string of the molecule is C[C@@H]1CN(Cc2cc3c(c(C(F)(F)F)c2)CN(c2cccc([C@]4(Cc5nncn5C)C[C@H](CC#N)C4)c2)C3=O)CCC1(F)F. The normalized spacial score (nSPS) is 25.0. The van der Waals surface area contributed by atoms with Gasteiger partial charge >= 0.3 is 6.18 Å². The number of amides is 1. The van der Waals surface area contributed by atoms with Crippen molar-refractivity contribution in [3.63, 3.8) is 0 Å². The van der Waals surface area contributed by atoms with Crippen LogP contribution in [0.1, 0.15) is 71.0 Å². The summed E-state index contributed by atoms with van der Waals surface area (Å²) in [5, 5.41) is 17.5. The standard InChI is InChI=1S/C32H33F5N6O/c1-20-16-42(9-7-31(20,33)34)17-22-10-25-26(27(11-22)32(35,36)37)18-43(29(25)44)24-5-3-4-23(12-24)30(13-21(14-30)6-8-38)15-28-40-39-19-41(28)2/h3-5,10-12,19-21H,6-7,9,13-18H2,1-2H3/t20-,21-,30+/m1/s1. The lowest BCUT2D eigenvalue weighted by molar-refractivity contribution is -0.138. The van der Waals surface area contributed by atoms with Gasteiger partial charge in [-0.2, -0.15) is 18.4 Å². The first-order valence-corrected chi connectivity index (χ1v) is 14.7. The van der Waals surface area contributed by atoms with Crippen LogP contribution in [0.25, 0.3) is 0 Å². The van der Waals surface area contributed by atoms with Gasteiger partial charge in [0.05, 0.1) is 18.2 Å². The molecule has 3 heterocycles. The molecule has 44 heavy (non-hydrogen) atoms. The maximum Gasteiger partial charge on any atom is 0.416 e. The Bertz CT molecular complexity index is 1620. The molecule has 1 aliphatic carbocycles. The van der Waals surface area contributed by atoms with Crippen LogP contribution in [-0.2, 0) is 38.1 Å². The number of aryl methyl sites for hydroxylation is 1. The predicted molar refractivity (Wildman–Crippen MR) is 152 cm³/mol. The van der Waals surface area contributed by atoms with Gasteiger partial charge in [-0.05, 0) is 59.7 Å². The van der Waals surface area contributed by atoms with E-state index in [1.165, 1.54) is 17.9 Å². The van der Waals surface area contributed by atoms with Crippen LogP contribution in [0.15, 0.2) is 42.7 Å². The molecule has 7 nitrogen and oxygen atoms in total. The van der Waals surface area contributed by atoms with Crippen molar-refractivity contribution in [1.29, 1.82) is 5.26 Å². The Kier molecular flexibility index (Phi) is 7.51. The lowest BCUT2D eigenvalue weighted by Gasteiger charge is -2.48. The second-order valence-corrected chi connectivity index (χ2v) is 12.7. The van der Waals surface area contributed by atoms with E-state index in [1.807, 2.05) is 23.7 Å². The van der Waals surface area contributed by atoms with Gasteiger partial charge in [-0.3, -0.25) is 9.69 Å². The van der Waals surface area contributed by atoms with Gasteiger partial charge in [0, 0.05) is 68.5 Å². The minimum Gasteiger partial charge on any atom is -0.321 e. The maximum atomic E-state index is 14.3. The zero-order chi connectivity index (χ0) is 31.4.